The minimum absolute atomic E-state index is 0.0512. The smallest absolute Gasteiger partial charge is 0.262 e. The van der Waals surface area contributed by atoms with Gasteiger partial charge in [0.05, 0.1) is 18.8 Å². The van der Waals surface area contributed by atoms with Gasteiger partial charge < -0.3 is 14.8 Å². The summed E-state index contributed by atoms with van der Waals surface area (Å²) in [6, 6.07) is 7.34. The maximum absolute atomic E-state index is 13.3. The van der Waals surface area contributed by atoms with Gasteiger partial charge in [-0.3, -0.25) is 34.2 Å². The first-order valence-electron chi connectivity index (χ1n) is 10.6. The standard InChI is InChI=1S/C23H23N3O7/c1-13(27)24-7-8-32-9-10-33-15-11-14-3-2-4-16-20(14)17(12-15)23(31)26(22(16)30)18-5-6-19(28)25-21(18)29/h2-4,11-12,18H,5-10H2,1H3,(H,24,27)(H,25,28,29). The van der Waals surface area contributed by atoms with E-state index in [-0.39, 0.29) is 37.5 Å². The molecule has 5 amide bonds. The second-order valence-corrected chi connectivity index (χ2v) is 7.77. The van der Waals surface area contributed by atoms with E-state index in [1.54, 1.807) is 30.3 Å². The van der Waals surface area contributed by atoms with Gasteiger partial charge in [0.15, 0.2) is 0 Å². The van der Waals surface area contributed by atoms with Gasteiger partial charge in [-0.1, -0.05) is 12.1 Å². The number of nitrogens with zero attached hydrogens (tertiary/aromatic N) is 1. The molecule has 0 spiro atoms. The molecule has 0 aliphatic carbocycles. The number of amides is 5. The van der Waals surface area contributed by atoms with E-state index in [1.807, 2.05) is 0 Å². The number of carbonyl (C=O) groups excluding carboxylic acids is 5. The number of hydrogen-bond donors (Lipinski definition) is 2. The van der Waals surface area contributed by atoms with Crippen LogP contribution in [0, 0.1) is 0 Å². The van der Waals surface area contributed by atoms with E-state index in [0.29, 0.717) is 35.2 Å². The number of hydrogen-bond acceptors (Lipinski definition) is 7. The molecule has 10 heteroatoms. The lowest BCUT2D eigenvalue weighted by molar-refractivity contribution is -0.136. The second-order valence-electron chi connectivity index (χ2n) is 7.77. The Bertz CT molecular complexity index is 1160. The van der Waals surface area contributed by atoms with E-state index < -0.39 is 29.7 Å². The monoisotopic (exact) mass is 453 g/mol. The first-order valence-corrected chi connectivity index (χ1v) is 10.6. The minimum Gasteiger partial charge on any atom is -0.491 e. The lowest BCUT2D eigenvalue weighted by Crippen LogP contribution is -2.57. The predicted molar refractivity (Wildman–Crippen MR) is 116 cm³/mol. The van der Waals surface area contributed by atoms with Crippen LogP contribution in [-0.4, -0.2) is 66.8 Å². The van der Waals surface area contributed by atoms with Crippen molar-refractivity contribution in [1.29, 1.82) is 0 Å². The summed E-state index contributed by atoms with van der Waals surface area (Å²) < 4.78 is 11.1. The lowest BCUT2D eigenvalue weighted by atomic mass is 9.91. The van der Waals surface area contributed by atoms with Crippen molar-refractivity contribution in [2.75, 3.05) is 26.4 Å². The molecule has 2 aliphatic rings. The van der Waals surface area contributed by atoms with Gasteiger partial charge in [0.25, 0.3) is 11.8 Å². The summed E-state index contributed by atoms with van der Waals surface area (Å²) in [5.74, 6) is -1.96. The first kappa shape index (κ1) is 22.4. The molecule has 2 N–H and O–H groups in total. The molecule has 2 aromatic rings. The van der Waals surface area contributed by atoms with Crippen LogP contribution >= 0.6 is 0 Å². The lowest BCUT2D eigenvalue weighted by Gasteiger charge is -2.34. The molecule has 1 fully saturated rings. The largest absolute Gasteiger partial charge is 0.491 e. The molecule has 1 unspecified atom stereocenters. The highest BCUT2D eigenvalue weighted by Crippen LogP contribution is 2.35. The highest BCUT2D eigenvalue weighted by Gasteiger charge is 2.42. The molecule has 10 nitrogen and oxygen atoms in total. The van der Waals surface area contributed by atoms with Gasteiger partial charge in [-0.05, 0) is 30.0 Å². The molecule has 2 heterocycles. The molecule has 1 saturated heterocycles. The summed E-state index contributed by atoms with van der Waals surface area (Å²) in [6.07, 6.45) is 0.134. The Morgan fingerprint density at radius 2 is 1.88 bits per heavy atom. The van der Waals surface area contributed by atoms with E-state index in [2.05, 4.69) is 10.6 Å². The number of imide groups is 2. The third kappa shape index (κ3) is 4.56. The topological polar surface area (TPSA) is 131 Å². The Balaban J connectivity index is 1.53. The van der Waals surface area contributed by atoms with Gasteiger partial charge >= 0.3 is 0 Å². The van der Waals surface area contributed by atoms with Crippen LogP contribution in [0.25, 0.3) is 10.8 Å². The Hall–Kier alpha value is -3.79. The van der Waals surface area contributed by atoms with Crippen molar-refractivity contribution < 1.29 is 33.4 Å². The Kier molecular flexibility index (Phi) is 6.36. The fourth-order valence-corrected chi connectivity index (χ4v) is 4.01. The fraction of sp³-hybridized carbons (Fsp3) is 0.348. The molecule has 33 heavy (non-hydrogen) atoms. The molecule has 4 rings (SSSR count). The Morgan fingerprint density at radius 1 is 1.09 bits per heavy atom. The van der Waals surface area contributed by atoms with Gasteiger partial charge in [-0.15, -0.1) is 0 Å². The van der Waals surface area contributed by atoms with Crippen LogP contribution in [0.1, 0.15) is 40.5 Å². The van der Waals surface area contributed by atoms with Crippen molar-refractivity contribution in [2.45, 2.75) is 25.8 Å². The zero-order valence-corrected chi connectivity index (χ0v) is 18.0. The summed E-state index contributed by atoms with van der Waals surface area (Å²) in [7, 11) is 0. The van der Waals surface area contributed by atoms with Crippen molar-refractivity contribution in [1.82, 2.24) is 15.5 Å². The Labute approximate surface area is 189 Å². The van der Waals surface area contributed by atoms with Crippen LogP contribution in [0.5, 0.6) is 5.75 Å². The summed E-state index contributed by atoms with van der Waals surface area (Å²) in [6.45, 7) is 2.67. The fourth-order valence-electron chi connectivity index (χ4n) is 4.01. The maximum Gasteiger partial charge on any atom is 0.262 e. The Morgan fingerprint density at radius 3 is 2.64 bits per heavy atom. The maximum atomic E-state index is 13.3. The second kappa shape index (κ2) is 9.37. The van der Waals surface area contributed by atoms with Crippen molar-refractivity contribution >= 4 is 40.3 Å². The van der Waals surface area contributed by atoms with Crippen molar-refractivity contribution in [3.63, 3.8) is 0 Å². The molecular weight excluding hydrogens is 430 g/mol. The minimum atomic E-state index is -1.05. The summed E-state index contributed by atoms with van der Waals surface area (Å²) in [4.78, 5) is 62.1. The molecule has 0 aromatic heterocycles. The molecule has 1 atom stereocenters. The average Bonchev–Trinajstić information content (AvgIpc) is 2.77. The zero-order valence-electron chi connectivity index (χ0n) is 18.0. The molecule has 2 aliphatic heterocycles. The van der Waals surface area contributed by atoms with Gasteiger partial charge in [-0.25, -0.2) is 0 Å². The molecule has 2 aromatic carbocycles. The highest BCUT2D eigenvalue weighted by molar-refractivity contribution is 6.27. The molecule has 0 saturated carbocycles. The van der Waals surface area contributed by atoms with Crippen molar-refractivity contribution in [2.24, 2.45) is 0 Å². The zero-order chi connectivity index (χ0) is 23.5. The van der Waals surface area contributed by atoms with E-state index in [0.717, 1.165) is 4.90 Å². The number of ether oxygens (including phenoxy) is 2. The van der Waals surface area contributed by atoms with Crippen LogP contribution in [0.2, 0.25) is 0 Å². The number of nitrogens with one attached hydrogen (secondary N) is 2. The van der Waals surface area contributed by atoms with Crippen LogP contribution < -0.4 is 15.4 Å². The van der Waals surface area contributed by atoms with Crippen molar-refractivity contribution in [3.8, 4) is 5.75 Å². The van der Waals surface area contributed by atoms with E-state index in [9.17, 15) is 24.0 Å². The number of rotatable bonds is 8. The molecule has 0 radical (unpaired) electrons. The van der Waals surface area contributed by atoms with E-state index >= 15 is 0 Å². The number of piperidine rings is 1. The van der Waals surface area contributed by atoms with E-state index in [4.69, 9.17) is 9.47 Å². The number of carbonyl (C=O) groups is 5. The third-order valence-corrected chi connectivity index (χ3v) is 5.49. The molecule has 0 bridgehead atoms. The summed E-state index contributed by atoms with van der Waals surface area (Å²) >= 11 is 0. The quantitative estimate of drug-likeness (QED) is 0.446. The van der Waals surface area contributed by atoms with Crippen LogP contribution in [0.3, 0.4) is 0 Å². The number of benzene rings is 2. The van der Waals surface area contributed by atoms with E-state index in [1.165, 1.54) is 6.92 Å². The summed E-state index contributed by atoms with van der Waals surface area (Å²) in [5, 5.41) is 5.99. The van der Waals surface area contributed by atoms with Gasteiger partial charge in [0, 0.05) is 30.8 Å². The van der Waals surface area contributed by atoms with Gasteiger partial charge in [-0.2, -0.15) is 0 Å². The van der Waals surface area contributed by atoms with Crippen LogP contribution in [-0.2, 0) is 19.1 Å². The van der Waals surface area contributed by atoms with Gasteiger partial charge in [0.2, 0.25) is 17.7 Å². The van der Waals surface area contributed by atoms with Gasteiger partial charge in [0.1, 0.15) is 18.4 Å². The average molecular weight is 453 g/mol. The first-order chi connectivity index (χ1) is 15.9. The van der Waals surface area contributed by atoms with Crippen LogP contribution in [0.4, 0.5) is 0 Å². The molecule has 172 valence electrons. The predicted octanol–water partition coefficient (Wildman–Crippen LogP) is 0.772. The highest BCUT2D eigenvalue weighted by atomic mass is 16.5. The third-order valence-electron chi connectivity index (χ3n) is 5.49. The summed E-state index contributed by atoms with van der Waals surface area (Å²) in [5.41, 5.74) is 0.577. The molecular formula is C23H23N3O7. The van der Waals surface area contributed by atoms with Crippen molar-refractivity contribution in [3.05, 3.63) is 41.5 Å². The normalized spacial score (nSPS) is 17.8. The SMILES string of the molecule is CC(=O)NCCOCCOc1cc2c3c(cccc3c1)C(=O)N(C1CCC(=O)NC1=O)C2=O. The van der Waals surface area contributed by atoms with Crippen LogP contribution in [0.15, 0.2) is 30.3 Å².